The van der Waals surface area contributed by atoms with Gasteiger partial charge >= 0.3 is 5.97 Å². The highest BCUT2D eigenvalue weighted by Crippen LogP contribution is 2.18. The van der Waals surface area contributed by atoms with Gasteiger partial charge in [-0.15, -0.1) is 0 Å². The molecule has 0 amide bonds. The summed E-state index contributed by atoms with van der Waals surface area (Å²) in [5.74, 6) is -1.10. The third-order valence-electron chi connectivity index (χ3n) is 2.94. The molecule has 1 heterocycles. The van der Waals surface area contributed by atoms with Crippen LogP contribution in [0.1, 0.15) is 27.2 Å². The summed E-state index contributed by atoms with van der Waals surface area (Å²) in [5, 5.41) is 8.96. The van der Waals surface area contributed by atoms with Gasteiger partial charge in [0.2, 0.25) is 0 Å². The molecule has 1 saturated heterocycles. The maximum Gasteiger partial charge on any atom is 0.322 e. The second-order valence-corrected chi connectivity index (χ2v) is 6.64. The summed E-state index contributed by atoms with van der Waals surface area (Å²) >= 11 is 0. The van der Waals surface area contributed by atoms with Crippen LogP contribution in [0.15, 0.2) is 0 Å². The van der Waals surface area contributed by atoms with Gasteiger partial charge in [0, 0.05) is 13.1 Å². The van der Waals surface area contributed by atoms with Crippen molar-refractivity contribution in [2.24, 2.45) is 11.8 Å². The van der Waals surface area contributed by atoms with E-state index in [4.69, 9.17) is 5.11 Å². The summed E-state index contributed by atoms with van der Waals surface area (Å²) in [7, 11) is -3.68. The molecule has 0 aromatic carbocycles. The van der Waals surface area contributed by atoms with Crippen LogP contribution >= 0.6 is 0 Å². The molecule has 0 saturated carbocycles. The summed E-state index contributed by atoms with van der Waals surface area (Å²) in [6.45, 7) is 6.25. The van der Waals surface area contributed by atoms with Gasteiger partial charge in [-0.2, -0.15) is 17.4 Å². The zero-order chi connectivity index (χ0) is 13.2. The standard InChI is InChI=1S/C10H20N2O4S/c1-7(2)9(10(13)14)11-17(15,16)12-5-4-8(3)6-12/h7-9,11H,4-6H2,1-3H3,(H,13,14)/t8?,9-/m1/s1. The lowest BCUT2D eigenvalue weighted by Gasteiger charge is -2.22. The van der Waals surface area contributed by atoms with Crippen molar-refractivity contribution in [3.8, 4) is 0 Å². The summed E-state index contributed by atoms with van der Waals surface area (Å²) in [5.41, 5.74) is 0. The third kappa shape index (κ3) is 3.65. The Kier molecular flexibility index (Phi) is 4.51. The van der Waals surface area contributed by atoms with Crippen LogP contribution < -0.4 is 4.72 Å². The van der Waals surface area contributed by atoms with Crippen molar-refractivity contribution in [2.75, 3.05) is 13.1 Å². The van der Waals surface area contributed by atoms with E-state index < -0.39 is 22.2 Å². The molecule has 1 rings (SSSR count). The Hall–Kier alpha value is -0.660. The van der Waals surface area contributed by atoms with Crippen LogP contribution in [0.4, 0.5) is 0 Å². The summed E-state index contributed by atoms with van der Waals surface area (Å²) < 4.78 is 27.5. The normalized spacial score (nSPS) is 24.1. The first-order valence-corrected chi connectivity index (χ1v) is 7.18. The highest BCUT2D eigenvalue weighted by atomic mass is 32.2. The Morgan fingerprint density at radius 3 is 2.41 bits per heavy atom. The van der Waals surface area contributed by atoms with E-state index in [1.807, 2.05) is 6.92 Å². The monoisotopic (exact) mass is 264 g/mol. The van der Waals surface area contributed by atoms with Gasteiger partial charge in [-0.3, -0.25) is 4.79 Å². The Labute approximate surface area is 102 Å². The van der Waals surface area contributed by atoms with Gasteiger partial charge in [0.05, 0.1) is 0 Å². The smallest absolute Gasteiger partial charge is 0.322 e. The lowest BCUT2D eigenvalue weighted by molar-refractivity contribution is -0.140. The van der Waals surface area contributed by atoms with Crippen LogP contribution in [0.25, 0.3) is 0 Å². The quantitative estimate of drug-likeness (QED) is 0.746. The molecule has 17 heavy (non-hydrogen) atoms. The van der Waals surface area contributed by atoms with Gasteiger partial charge in [0.25, 0.3) is 10.2 Å². The van der Waals surface area contributed by atoms with Gasteiger partial charge in [-0.05, 0) is 18.3 Å². The molecule has 1 fully saturated rings. The van der Waals surface area contributed by atoms with Crippen LogP contribution in [0.5, 0.6) is 0 Å². The molecule has 1 unspecified atom stereocenters. The van der Waals surface area contributed by atoms with E-state index in [1.165, 1.54) is 4.31 Å². The number of nitrogens with one attached hydrogen (secondary N) is 1. The van der Waals surface area contributed by atoms with Crippen molar-refractivity contribution in [1.29, 1.82) is 0 Å². The van der Waals surface area contributed by atoms with Crippen molar-refractivity contribution in [2.45, 2.75) is 33.2 Å². The number of carboxylic acid groups (broad SMARTS) is 1. The fourth-order valence-corrected chi connectivity index (χ4v) is 3.46. The minimum absolute atomic E-state index is 0.290. The molecule has 0 spiro atoms. The molecule has 6 nitrogen and oxygen atoms in total. The number of nitrogens with zero attached hydrogens (tertiary/aromatic N) is 1. The second kappa shape index (κ2) is 5.32. The molecule has 7 heteroatoms. The molecule has 0 aromatic heterocycles. The predicted octanol–water partition coefficient (Wildman–Crippen LogP) is 0.272. The molecule has 1 aliphatic rings. The van der Waals surface area contributed by atoms with Crippen LogP contribution in [0.3, 0.4) is 0 Å². The van der Waals surface area contributed by atoms with E-state index in [0.29, 0.717) is 19.0 Å². The average molecular weight is 264 g/mol. The number of hydrogen-bond donors (Lipinski definition) is 2. The van der Waals surface area contributed by atoms with E-state index in [0.717, 1.165) is 6.42 Å². The van der Waals surface area contributed by atoms with Gasteiger partial charge in [-0.1, -0.05) is 20.8 Å². The second-order valence-electron chi connectivity index (χ2n) is 4.93. The number of carbonyl (C=O) groups is 1. The fraction of sp³-hybridized carbons (Fsp3) is 0.900. The minimum atomic E-state index is -3.68. The third-order valence-corrected chi connectivity index (χ3v) is 4.50. The lowest BCUT2D eigenvalue weighted by Crippen LogP contribution is -2.49. The molecular formula is C10H20N2O4S. The van der Waals surface area contributed by atoms with Crippen molar-refractivity contribution >= 4 is 16.2 Å². The number of hydrogen-bond acceptors (Lipinski definition) is 3. The van der Waals surface area contributed by atoms with Gasteiger partial charge < -0.3 is 5.11 Å². The van der Waals surface area contributed by atoms with Gasteiger partial charge in [-0.25, -0.2) is 0 Å². The van der Waals surface area contributed by atoms with Crippen molar-refractivity contribution in [3.63, 3.8) is 0 Å². The van der Waals surface area contributed by atoms with Crippen molar-refractivity contribution in [3.05, 3.63) is 0 Å². The maximum atomic E-state index is 11.9. The van der Waals surface area contributed by atoms with Crippen molar-refractivity contribution in [1.82, 2.24) is 9.03 Å². The largest absolute Gasteiger partial charge is 0.480 e. The zero-order valence-corrected chi connectivity index (χ0v) is 11.2. The van der Waals surface area contributed by atoms with E-state index in [1.54, 1.807) is 13.8 Å². The van der Waals surface area contributed by atoms with E-state index in [9.17, 15) is 13.2 Å². The molecule has 100 valence electrons. The summed E-state index contributed by atoms with van der Waals surface area (Å²) in [6.07, 6.45) is 0.820. The van der Waals surface area contributed by atoms with Crippen molar-refractivity contribution < 1.29 is 18.3 Å². The topological polar surface area (TPSA) is 86.7 Å². The summed E-state index contributed by atoms with van der Waals surface area (Å²) in [4.78, 5) is 11.0. The first kappa shape index (κ1) is 14.4. The number of rotatable bonds is 5. The molecule has 0 bridgehead atoms. The van der Waals surface area contributed by atoms with Crippen LogP contribution in [0, 0.1) is 11.8 Å². The molecule has 0 radical (unpaired) electrons. The minimum Gasteiger partial charge on any atom is -0.480 e. The molecule has 0 aliphatic carbocycles. The average Bonchev–Trinajstić information content (AvgIpc) is 2.61. The lowest BCUT2D eigenvalue weighted by atomic mass is 10.1. The van der Waals surface area contributed by atoms with Crippen LogP contribution in [-0.4, -0.2) is 42.9 Å². The van der Waals surface area contributed by atoms with E-state index in [2.05, 4.69) is 4.72 Å². The highest BCUT2D eigenvalue weighted by molar-refractivity contribution is 7.87. The highest BCUT2D eigenvalue weighted by Gasteiger charge is 2.34. The Morgan fingerprint density at radius 2 is 2.06 bits per heavy atom. The predicted molar refractivity (Wildman–Crippen MR) is 63.7 cm³/mol. The zero-order valence-electron chi connectivity index (χ0n) is 10.4. The fourth-order valence-electron chi connectivity index (χ4n) is 1.82. The Bertz CT molecular complexity index is 380. The Morgan fingerprint density at radius 1 is 1.47 bits per heavy atom. The molecule has 0 aromatic rings. The van der Waals surface area contributed by atoms with E-state index >= 15 is 0 Å². The molecule has 2 N–H and O–H groups in total. The Balaban J connectivity index is 2.74. The maximum absolute atomic E-state index is 11.9. The molecule has 1 aliphatic heterocycles. The first-order chi connectivity index (χ1) is 7.74. The SMILES string of the molecule is CC1CCN(S(=O)(=O)N[C@@H](C(=O)O)C(C)C)C1. The van der Waals surface area contributed by atoms with Crippen LogP contribution in [-0.2, 0) is 15.0 Å². The van der Waals surface area contributed by atoms with E-state index in [-0.39, 0.29) is 5.92 Å². The number of carboxylic acids is 1. The first-order valence-electron chi connectivity index (χ1n) is 5.74. The van der Waals surface area contributed by atoms with Crippen LogP contribution in [0.2, 0.25) is 0 Å². The molecular weight excluding hydrogens is 244 g/mol. The number of aliphatic carboxylic acids is 1. The molecule has 2 atom stereocenters. The van der Waals surface area contributed by atoms with Gasteiger partial charge in [0.1, 0.15) is 6.04 Å². The summed E-state index contributed by atoms with van der Waals surface area (Å²) in [6, 6.07) is -1.07. The van der Waals surface area contributed by atoms with Gasteiger partial charge in [0.15, 0.2) is 0 Å².